The van der Waals surface area contributed by atoms with Crippen molar-refractivity contribution in [2.75, 3.05) is 31.3 Å². The van der Waals surface area contributed by atoms with Gasteiger partial charge < -0.3 is 4.90 Å². The molecule has 0 saturated carbocycles. The third-order valence-electron chi connectivity index (χ3n) is 6.56. The first-order chi connectivity index (χ1) is 15.0. The van der Waals surface area contributed by atoms with Crippen LogP contribution in [0.4, 0.5) is 5.82 Å². The van der Waals surface area contributed by atoms with Crippen LogP contribution in [0, 0.1) is 13.8 Å². The molecule has 0 bridgehead atoms. The Morgan fingerprint density at radius 1 is 1.06 bits per heavy atom. The number of aryl methyl sites for hydroxylation is 1. The van der Waals surface area contributed by atoms with E-state index in [0.29, 0.717) is 6.04 Å². The third kappa shape index (κ3) is 4.48. The summed E-state index contributed by atoms with van der Waals surface area (Å²) in [5.41, 5.74) is 5.74. The number of nitrogens with zero attached hydrogens (tertiary/aromatic N) is 6. The first-order valence-corrected chi connectivity index (χ1v) is 12.1. The number of thioether (sulfide) groups is 1. The molecule has 0 spiro atoms. The van der Waals surface area contributed by atoms with E-state index in [-0.39, 0.29) is 0 Å². The van der Waals surface area contributed by atoms with Crippen LogP contribution < -0.4 is 4.90 Å². The van der Waals surface area contributed by atoms with Crippen LogP contribution in [-0.4, -0.2) is 57.3 Å². The Hall–Kier alpha value is -2.38. The summed E-state index contributed by atoms with van der Waals surface area (Å²) in [4.78, 5) is 6.30. The minimum Gasteiger partial charge on any atom is -0.355 e. The highest BCUT2D eigenvalue weighted by atomic mass is 32.2. The molecule has 7 heteroatoms. The fraction of sp³-hybridized carbons (Fsp3) is 0.458. The van der Waals surface area contributed by atoms with Gasteiger partial charge in [0.05, 0.1) is 5.69 Å². The van der Waals surface area contributed by atoms with E-state index in [1.165, 1.54) is 21.6 Å². The molecule has 31 heavy (non-hydrogen) atoms. The zero-order valence-corrected chi connectivity index (χ0v) is 20.0. The van der Waals surface area contributed by atoms with Crippen LogP contribution in [-0.2, 0) is 13.6 Å². The summed E-state index contributed by atoms with van der Waals surface area (Å²) >= 11 is 1.83. The maximum Gasteiger partial charge on any atom is 0.154 e. The molecule has 0 unspecified atom stereocenters. The maximum atomic E-state index is 4.64. The van der Waals surface area contributed by atoms with Gasteiger partial charge in [-0.1, -0.05) is 18.2 Å². The zero-order chi connectivity index (χ0) is 22.0. The summed E-state index contributed by atoms with van der Waals surface area (Å²) in [5, 5.41) is 13.5. The van der Waals surface area contributed by atoms with Crippen molar-refractivity contribution in [2.45, 2.75) is 44.2 Å². The minimum absolute atomic E-state index is 0.592. The Morgan fingerprint density at radius 3 is 2.48 bits per heavy atom. The number of anilines is 1. The van der Waals surface area contributed by atoms with Crippen molar-refractivity contribution >= 4 is 17.6 Å². The summed E-state index contributed by atoms with van der Waals surface area (Å²) in [5.74, 6) is 1.03. The van der Waals surface area contributed by atoms with Gasteiger partial charge in [-0.3, -0.25) is 9.58 Å². The van der Waals surface area contributed by atoms with Crippen molar-refractivity contribution in [1.82, 2.24) is 24.9 Å². The Labute approximate surface area is 189 Å². The summed E-state index contributed by atoms with van der Waals surface area (Å²) in [7, 11) is 4.20. The standard InChI is InChI=1S/C24H32N6S/c1-17-18(2)24(27-26-23(17)21-10-13-25-29(21)4)30-14-11-20(12-15-30)28(3)16-19-8-6-7-9-22(19)31-5/h6-10,13,20H,11-12,14-16H2,1-5H3. The molecule has 0 atom stereocenters. The molecule has 164 valence electrons. The predicted molar refractivity (Wildman–Crippen MR) is 129 cm³/mol. The maximum absolute atomic E-state index is 4.64. The molecule has 2 aromatic heterocycles. The first kappa shape index (κ1) is 21.8. The Morgan fingerprint density at radius 2 is 1.81 bits per heavy atom. The highest BCUT2D eigenvalue weighted by Crippen LogP contribution is 2.30. The fourth-order valence-corrected chi connectivity index (χ4v) is 5.10. The molecule has 3 heterocycles. The Bertz CT molecular complexity index is 1040. The fourth-order valence-electron chi connectivity index (χ4n) is 4.49. The van der Waals surface area contributed by atoms with Crippen LogP contribution in [0.3, 0.4) is 0 Å². The summed E-state index contributed by atoms with van der Waals surface area (Å²) in [6.45, 7) is 7.33. The number of hydrogen-bond acceptors (Lipinski definition) is 6. The molecule has 1 aliphatic rings. The molecule has 1 fully saturated rings. The molecule has 0 radical (unpaired) electrons. The van der Waals surface area contributed by atoms with Gasteiger partial charge in [-0.25, -0.2) is 0 Å². The summed E-state index contributed by atoms with van der Waals surface area (Å²) in [6.07, 6.45) is 6.24. The van der Waals surface area contributed by atoms with Gasteiger partial charge >= 0.3 is 0 Å². The van der Waals surface area contributed by atoms with Gasteiger partial charge in [0.25, 0.3) is 0 Å². The highest BCUT2D eigenvalue weighted by molar-refractivity contribution is 7.98. The number of piperidine rings is 1. The third-order valence-corrected chi connectivity index (χ3v) is 7.40. The van der Waals surface area contributed by atoms with Crippen molar-refractivity contribution in [3.8, 4) is 11.4 Å². The second-order valence-corrected chi connectivity index (χ2v) is 9.26. The average Bonchev–Trinajstić information content (AvgIpc) is 3.21. The SMILES string of the molecule is CSc1ccccc1CN(C)C1CCN(c2nnc(-c3ccnn3C)c(C)c2C)CC1. The van der Waals surface area contributed by atoms with Gasteiger partial charge in [-0.2, -0.15) is 5.10 Å². The molecular weight excluding hydrogens is 404 g/mol. The molecule has 0 N–H and O–H groups in total. The van der Waals surface area contributed by atoms with E-state index in [1.807, 2.05) is 29.6 Å². The average molecular weight is 437 g/mol. The van der Waals surface area contributed by atoms with Crippen LogP contribution >= 0.6 is 11.8 Å². The van der Waals surface area contributed by atoms with E-state index in [4.69, 9.17) is 0 Å². The van der Waals surface area contributed by atoms with E-state index >= 15 is 0 Å². The van der Waals surface area contributed by atoms with Crippen LogP contribution in [0.25, 0.3) is 11.4 Å². The molecular formula is C24H32N6S. The largest absolute Gasteiger partial charge is 0.355 e. The molecule has 0 aliphatic carbocycles. The van der Waals surface area contributed by atoms with Crippen molar-refractivity contribution in [1.29, 1.82) is 0 Å². The van der Waals surface area contributed by atoms with Crippen LogP contribution in [0.1, 0.15) is 29.5 Å². The lowest BCUT2D eigenvalue weighted by atomic mass is 10.0. The molecule has 1 aromatic carbocycles. The van der Waals surface area contributed by atoms with Crippen molar-refractivity contribution in [3.05, 3.63) is 53.2 Å². The smallest absolute Gasteiger partial charge is 0.154 e. The highest BCUT2D eigenvalue weighted by Gasteiger charge is 2.26. The number of hydrogen-bond donors (Lipinski definition) is 0. The van der Waals surface area contributed by atoms with Gasteiger partial charge in [-0.05, 0) is 68.8 Å². The molecule has 4 rings (SSSR count). The van der Waals surface area contributed by atoms with Crippen molar-refractivity contribution in [2.24, 2.45) is 7.05 Å². The molecule has 3 aromatic rings. The second kappa shape index (κ2) is 9.40. The summed E-state index contributed by atoms with van der Waals surface area (Å²) < 4.78 is 1.85. The van der Waals surface area contributed by atoms with Crippen molar-refractivity contribution in [3.63, 3.8) is 0 Å². The lowest BCUT2D eigenvalue weighted by molar-refractivity contribution is 0.199. The molecule has 0 amide bonds. The van der Waals surface area contributed by atoms with Gasteiger partial charge in [0.1, 0.15) is 5.69 Å². The molecule has 1 saturated heterocycles. The van der Waals surface area contributed by atoms with Gasteiger partial charge in [-0.15, -0.1) is 22.0 Å². The lowest BCUT2D eigenvalue weighted by Crippen LogP contribution is -2.43. The van der Waals surface area contributed by atoms with E-state index in [0.717, 1.165) is 49.7 Å². The summed E-state index contributed by atoms with van der Waals surface area (Å²) in [6, 6.07) is 11.3. The Kier molecular flexibility index (Phi) is 6.62. The molecule has 6 nitrogen and oxygen atoms in total. The van der Waals surface area contributed by atoms with E-state index in [9.17, 15) is 0 Å². The molecule has 1 aliphatic heterocycles. The number of aromatic nitrogens is 4. The van der Waals surface area contributed by atoms with E-state index in [1.54, 1.807) is 6.20 Å². The Balaban J connectivity index is 1.43. The number of benzene rings is 1. The second-order valence-electron chi connectivity index (χ2n) is 8.41. The topological polar surface area (TPSA) is 50.1 Å². The quantitative estimate of drug-likeness (QED) is 0.537. The lowest BCUT2D eigenvalue weighted by Gasteiger charge is -2.38. The minimum atomic E-state index is 0.592. The van der Waals surface area contributed by atoms with E-state index < -0.39 is 0 Å². The van der Waals surface area contributed by atoms with Gasteiger partial charge in [0, 0.05) is 43.8 Å². The zero-order valence-electron chi connectivity index (χ0n) is 19.2. The van der Waals surface area contributed by atoms with Crippen molar-refractivity contribution < 1.29 is 0 Å². The van der Waals surface area contributed by atoms with Crippen LogP contribution in [0.2, 0.25) is 0 Å². The van der Waals surface area contributed by atoms with Crippen LogP contribution in [0.5, 0.6) is 0 Å². The predicted octanol–water partition coefficient (Wildman–Crippen LogP) is 4.32. The van der Waals surface area contributed by atoms with E-state index in [2.05, 4.69) is 76.5 Å². The normalized spacial score (nSPS) is 15.1. The van der Waals surface area contributed by atoms with Gasteiger partial charge in [0.2, 0.25) is 0 Å². The van der Waals surface area contributed by atoms with Crippen LogP contribution in [0.15, 0.2) is 41.4 Å². The van der Waals surface area contributed by atoms with Gasteiger partial charge in [0.15, 0.2) is 5.82 Å². The monoisotopic (exact) mass is 436 g/mol. The number of rotatable bonds is 6. The first-order valence-electron chi connectivity index (χ1n) is 10.9.